The third-order valence-corrected chi connectivity index (χ3v) is 5.87. The highest BCUT2D eigenvalue weighted by atomic mass is 16.6. The Morgan fingerprint density at radius 1 is 0.893 bits per heavy atom. The van der Waals surface area contributed by atoms with Crippen molar-refractivity contribution in [2.75, 3.05) is 19.7 Å². The van der Waals surface area contributed by atoms with Crippen LogP contribution in [-0.4, -0.2) is 54.7 Å². The lowest BCUT2D eigenvalue weighted by molar-refractivity contribution is -0.142. The Kier molecular flexibility index (Phi) is 5.88. The number of nitrogens with one attached hydrogen (secondary N) is 2. The Morgan fingerprint density at radius 2 is 1.54 bits per heavy atom. The number of rotatable bonds is 3. The molecule has 1 saturated heterocycles. The molecule has 1 saturated carbocycles. The van der Waals surface area contributed by atoms with E-state index in [1.807, 2.05) is 29.2 Å². The monoisotopic (exact) mass is 387 g/mol. The molecule has 4 rings (SSSR count). The first-order valence-corrected chi connectivity index (χ1v) is 10.4. The van der Waals surface area contributed by atoms with Gasteiger partial charge in [0, 0.05) is 25.2 Å². The molecule has 2 fully saturated rings. The first kappa shape index (κ1) is 18.9. The molecule has 7 heteroatoms. The number of carbonyl (C=O) groups is 2. The molecule has 0 bridgehead atoms. The van der Waals surface area contributed by atoms with Gasteiger partial charge in [0.2, 0.25) is 6.10 Å². The van der Waals surface area contributed by atoms with Crippen molar-refractivity contribution in [3.05, 3.63) is 24.3 Å². The maximum absolute atomic E-state index is 12.8. The molecule has 152 valence electrons. The zero-order chi connectivity index (χ0) is 19.3. The summed E-state index contributed by atoms with van der Waals surface area (Å²) in [5, 5.41) is 6.17. The second-order valence-corrected chi connectivity index (χ2v) is 7.92. The van der Waals surface area contributed by atoms with E-state index in [9.17, 15) is 9.59 Å². The van der Waals surface area contributed by atoms with E-state index >= 15 is 0 Å². The van der Waals surface area contributed by atoms with E-state index < -0.39 is 6.10 Å². The molecule has 3 amide bonds. The molecule has 1 aromatic carbocycles. The SMILES string of the molecule is O=C(NC1CCCCC1)NC1CCN(C(=O)C2COc3ccccc3O2)CC1. The van der Waals surface area contributed by atoms with Gasteiger partial charge in [-0.15, -0.1) is 0 Å². The van der Waals surface area contributed by atoms with Crippen molar-refractivity contribution in [1.82, 2.24) is 15.5 Å². The van der Waals surface area contributed by atoms with Crippen LogP contribution in [0.25, 0.3) is 0 Å². The Balaban J connectivity index is 1.22. The molecule has 3 aliphatic rings. The van der Waals surface area contributed by atoms with Gasteiger partial charge < -0.3 is 25.0 Å². The van der Waals surface area contributed by atoms with Gasteiger partial charge >= 0.3 is 6.03 Å². The zero-order valence-electron chi connectivity index (χ0n) is 16.2. The van der Waals surface area contributed by atoms with Crippen LogP contribution in [0.2, 0.25) is 0 Å². The van der Waals surface area contributed by atoms with Gasteiger partial charge in [0.05, 0.1) is 0 Å². The molecular weight excluding hydrogens is 358 g/mol. The Morgan fingerprint density at radius 3 is 2.25 bits per heavy atom. The first-order valence-electron chi connectivity index (χ1n) is 10.4. The van der Waals surface area contributed by atoms with Crippen molar-refractivity contribution in [2.24, 2.45) is 0 Å². The van der Waals surface area contributed by atoms with Gasteiger partial charge in [-0.3, -0.25) is 4.79 Å². The molecule has 0 aromatic heterocycles. The van der Waals surface area contributed by atoms with Gasteiger partial charge in [-0.1, -0.05) is 31.4 Å². The van der Waals surface area contributed by atoms with Crippen molar-refractivity contribution in [3.63, 3.8) is 0 Å². The molecule has 1 atom stereocenters. The van der Waals surface area contributed by atoms with Crippen molar-refractivity contribution in [3.8, 4) is 11.5 Å². The highest BCUT2D eigenvalue weighted by molar-refractivity contribution is 5.82. The van der Waals surface area contributed by atoms with E-state index in [1.165, 1.54) is 19.3 Å². The van der Waals surface area contributed by atoms with Crippen molar-refractivity contribution >= 4 is 11.9 Å². The average molecular weight is 387 g/mol. The van der Waals surface area contributed by atoms with Crippen LogP contribution in [0.1, 0.15) is 44.9 Å². The minimum absolute atomic E-state index is 0.0420. The van der Waals surface area contributed by atoms with Gasteiger partial charge in [-0.2, -0.15) is 0 Å². The molecule has 2 N–H and O–H groups in total. The lowest BCUT2D eigenvalue weighted by Gasteiger charge is -2.35. The normalized spacial score (nSPS) is 23.1. The summed E-state index contributed by atoms with van der Waals surface area (Å²) in [6, 6.07) is 7.74. The Labute approximate surface area is 165 Å². The Bertz CT molecular complexity index is 697. The number of nitrogens with zero attached hydrogens (tertiary/aromatic N) is 1. The van der Waals surface area contributed by atoms with Gasteiger partial charge in [-0.05, 0) is 37.8 Å². The molecule has 1 unspecified atom stereocenters. The Hall–Kier alpha value is -2.44. The third-order valence-electron chi connectivity index (χ3n) is 5.87. The molecule has 1 aromatic rings. The molecule has 2 heterocycles. The van der Waals surface area contributed by atoms with Gasteiger partial charge in [0.15, 0.2) is 11.5 Å². The topological polar surface area (TPSA) is 79.9 Å². The number of carbonyl (C=O) groups excluding carboxylic acids is 2. The minimum atomic E-state index is -0.603. The maximum Gasteiger partial charge on any atom is 0.315 e. The largest absolute Gasteiger partial charge is 0.485 e. The van der Waals surface area contributed by atoms with Crippen LogP contribution in [0, 0.1) is 0 Å². The highest BCUT2D eigenvalue weighted by Gasteiger charge is 2.33. The summed E-state index contributed by atoms with van der Waals surface area (Å²) in [7, 11) is 0. The number of para-hydroxylation sites is 2. The van der Waals surface area contributed by atoms with E-state index in [0.717, 1.165) is 25.7 Å². The predicted octanol–water partition coefficient (Wildman–Crippen LogP) is 2.45. The number of likely N-dealkylation sites (tertiary alicyclic amines) is 1. The summed E-state index contributed by atoms with van der Waals surface area (Å²) < 4.78 is 11.5. The number of urea groups is 1. The molecule has 2 aliphatic heterocycles. The number of amides is 3. The summed E-state index contributed by atoms with van der Waals surface area (Å²) in [5.41, 5.74) is 0. The van der Waals surface area contributed by atoms with Crippen LogP contribution in [0.5, 0.6) is 11.5 Å². The lowest BCUT2D eigenvalue weighted by Crippen LogP contribution is -2.53. The van der Waals surface area contributed by atoms with Crippen LogP contribution in [0.15, 0.2) is 24.3 Å². The van der Waals surface area contributed by atoms with E-state index in [1.54, 1.807) is 0 Å². The number of piperidine rings is 1. The molecule has 0 radical (unpaired) electrons. The van der Waals surface area contributed by atoms with Crippen LogP contribution in [0.3, 0.4) is 0 Å². The fourth-order valence-electron chi connectivity index (χ4n) is 4.25. The van der Waals surface area contributed by atoms with Crippen molar-refractivity contribution < 1.29 is 19.1 Å². The molecule has 7 nitrogen and oxygen atoms in total. The van der Waals surface area contributed by atoms with Crippen LogP contribution in [-0.2, 0) is 4.79 Å². The maximum atomic E-state index is 12.8. The zero-order valence-corrected chi connectivity index (χ0v) is 16.2. The van der Waals surface area contributed by atoms with E-state index in [0.29, 0.717) is 30.6 Å². The van der Waals surface area contributed by atoms with Crippen LogP contribution < -0.4 is 20.1 Å². The second-order valence-electron chi connectivity index (χ2n) is 7.92. The van der Waals surface area contributed by atoms with Gasteiger partial charge in [-0.25, -0.2) is 4.79 Å². The molecule has 0 spiro atoms. The van der Waals surface area contributed by atoms with Crippen LogP contribution in [0.4, 0.5) is 4.79 Å². The number of fused-ring (bicyclic) bond motifs is 1. The van der Waals surface area contributed by atoms with Crippen LogP contribution >= 0.6 is 0 Å². The quantitative estimate of drug-likeness (QED) is 0.835. The fraction of sp³-hybridized carbons (Fsp3) is 0.619. The lowest BCUT2D eigenvalue weighted by atomic mass is 9.96. The van der Waals surface area contributed by atoms with Gasteiger partial charge in [0.1, 0.15) is 6.61 Å². The third kappa shape index (κ3) is 4.51. The minimum Gasteiger partial charge on any atom is -0.485 e. The summed E-state index contributed by atoms with van der Waals surface area (Å²) in [5.74, 6) is 1.25. The smallest absolute Gasteiger partial charge is 0.315 e. The summed E-state index contributed by atoms with van der Waals surface area (Å²) in [6.45, 7) is 1.47. The summed E-state index contributed by atoms with van der Waals surface area (Å²) in [6.07, 6.45) is 6.73. The van der Waals surface area contributed by atoms with E-state index in [-0.39, 0.29) is 24.6 Å². The van der Waals surface area contributed by atoms with Gasteiger partial charge in [0.25, 0.3) is 5.91 Å². The molecular formula is C21H29N3O4. The average Bonchev–Trinajstić information content (AvgIpc) is 2.74. The van der Waals surface area contributed by atoms with E-state index in [2.05, 4.69) is 10.6 Å². The first-order chi connectivity index (χ1) is 13.7. The second kappa shape index (κ2) is 8.71. The highest BCUT2D eigenvalue weighted by Crippen LogP contribution is 2.31. The number of benzene rings is 1. The number of ether oxygens (including phenoxy) is 2. The fourth-order valence-corrected chi connectivity index (χ4v) is 4.25. The van der Waals surface area contributed by atoms with E-state index in [4.69, 9.17) is 9.47 Å². The summed E-state index contributed by atoms with van der Waals surface area (Å²) >= 11 is 0. The predicted molar refractivity (Wildman–Crippen MR) is 104 cm³/mol. The van der Waals surface area contributed by atoms with Crippen molar-refractivity contribution in [2.45, 2.75) is 63.1 Å². The standard InChI is InChI=1S/C21H29N3O4/c25-20(19-14-27-17-8-4-5-9-18(17)28-19)24-12-10-16(11-13-24)23-21(26)22-15-6-2-1-3-7-15/h4-5,8-9,15-16,19H,1-3,6-7,10-14H2,(H2,22,23,26). The molecule has 28 heavy (non-hydrogen) atoms. The van der Waals surface area contributed by atoms with Crippen molar-refractivity contribution in [1.29, 1.82) is 0 Å². The molecule has 1 aliphatic carbocycles. The summed E-state index contributed by atoms with van der Waals surface area (Å²) in [4.78, 5) is 26.8. The number of hydrogen-bond donors (Lipinski definition) is 2. The number of hydrogen-bond acceptors (Lipinski definition) is 4.